The van der Waals surface area contributed by atoms with Crippen LogP contribution in [0.1, 0.15) is 5.76 Å². The van der Waals surface area contributed by atoms with E-state index in [2.05, 4.69) is 10.3 Å². The van der Waals surface area contributed by atoms with Crippen LogP contribution in [-0.4, -0.2) is 10.9 Å². The van der Waals surface area contributed by atoms with Gasteiger partial charge < -0.3 is 9.73 Å². The van der Waals surface area contributed by atoms with Crippen LogP contribution in [0.2, 0.25) is 0 Å². The van der Waals surface area contributed by atoms with Crippen molar-refractivity contribution in [2.75, 3.05) is 5.32 Å². The SMILES string of the molecule is O=C(/C=C/c1ccco1)Nc1ccc(F)nc1F. The number of carbonyl (C=O) groups is 1. The Bertz CT molecular complexity index is 580. The van der Waals surface area contributed by atoms with E-state index in [0.29, 0.717) is 5.76 Å². The Morgan fingerprint density at radius 2 is 2.17 bits per heavy atom. The number of rotatable bonds is 3. The van der Waals surface area contributed by atoms with Crippen molar-refractivity contribution in [3.63, 3.8) is 0 Å². The van der Waals surface area contributed by atoms with Gasteiger partial charge in [-0.3, -0.25) is 4.79 Å². The molecule has 0 radical (unpaired) electrons. The van der Waals surface area contributed by atoms with Crippen LogP contribution in [0.25, 0.3) is 6.08 Å². The lowest BCUT2D eigenvalue weighted by molar-refractivity contribution is -0.111. The summed E-state index contributed by atoms with van der Waals surface area (Å²) in [6.07, 6.45) is 4.05. The van der Waals surface area contributed by atoms with E-state index in [9.17, 15) is 13.6 Å². The Morgan fingerprint density at radius 1 is 1.33 bits per heavy atom. The number of amides is 1. The molecule has 0 aromatic carbocycles. The molecule has 0 bridgehead atoms. The third kappa shape index (κ3) is 3.00. The summed E-state index contributed by atoms with van der Waals surface area (Å²) in [4.78, 5) is 14.4. The van der Waals surface area contributed by atoms with Gasteiger partial charge in [0.15, 0.2) is 0 Å². The first-order valence-corrected chi connectivity index (χ1v) is 5.00. The van der Waals surface area contributed by atoms with Crippen molar-refractivity contribution in [1.82, 2.24) is 4.98 Å². The van der Waals surface area contributed by atoms with Gasteiger partial charge in [0.25, 0.3) is 0 Å². The number of anilines is 1. The maximum absolute atomic E-state index is 13.1. The van der Waals surface area contributed by atoms with Crippen LogP contribution in [0.15, 0.2) is 41.0 Å². The number of hydrogen-bond donors (Lipinski definition) is 1. The Balaban J connectivity index is 2.03. The molecule has 2 aromatic heterocycles. The van der Waals surface area contributed by atoms with E-state index in [4.69, 9.17) is 4.42 Å². The van der Waals surface area contributed by atoms with E-state index < -0.39 is 17.8 Å². The third-order valence-electron chi connectivity index (χ3n) is 2.01. The zero-order chi connectivity index (χ0) is 13.0. The first kappa shape index (κ1) is 12.0. The highest BCUT2D eigenvalue weighted by atomic mass is 19.1. The molecule has 0 aliphatic carbocycles. The molecule has 0 spiro atoms. The van der Waals surface area contributed by atoms with Crippen LogP contribution >= 0.6 is 0 Å². The number of nitrogens with zero attached hydrogens (tertiary/aromatic N) is 1. The Labute approximate surface area is 101 Å². The van der Waals surface area contributed by atoms with Gasteiger partial charge in [-0.15, -0.1) is 0 Å². The molecule has 0 fully saturated rings. The van der Waals surface area contributed by atoms with E-state index in [1.165, 1.54) is 18.4 Å². The normalized spacial score (nSPS) is 10.8. The van der Waals surface area contributed by atoms with Crippen molar-refractivity contribution in [3.8, 4) is 0 Å². The molecule has 2 rings (SSSR count). The highest BCUT2D eigenvalue weighted by molar-refractivity contribution is 6.01. The smallest absolute Gasteiger partial charge is 0.248 e. The van der Waals surface area contributed by atoms with Crippen LogP contribution in [0.4, 0.5) is 14.5 Å². The summed E-state index contributed by atoms with van der Waals surface area (Å²) in [6.45, 7) is 0. The zero-order valence-electron chi connectivity index (χ0n) is 9.06. The lowest BCUT2D eigenvalue weighted by Crippen LogP contribution is -2.10. The van der Waals surface area contributed by atoms with Crippen molar-refractivity contribution >= 4 is 17.7 Å². The fourth-order valence-electron chi connectivity index (χ4n) is 1.22. The molecule has 2 aromatic rings. The largest absolute Gasteiger partial charge is 0.465 e. The number of furan rings is 1. The second-order valence-electron chi connectivity index (χ2n) is 3.31. The molecule has 0 unspecified atom stereocenters. The summed E-state index contributed by atoms with van der Waals surface area (Å²) in [5.41, 5.74) is -0.189. The van der Waals surface area contributed by atoms with Crippen molar-refractivity contribution in [1.29, 1.82) is 0 Å². The number of pyridine rings is 1. The highest BCUT2D eigenvalue weighted by Crippen LogP contribution is 2.11. The summed E-state index contributed by atoms with van der Waals surface area (Å²) < 4.78 is 30.6. The average Bonchev–Trinajstić information content (AvgIpc) is 2.83. The Kier molecular flexibility index (Phi) is 3.47. The number of hydrogen-bond acceptors (Lipinski definition) is 3. The number of aromatic nitrogens is 1. The van der Waals surface area contributed by atoms with Crippen LogP contribution in [0, 0.1) is 11.9 Å². The summed E-state index contributed by atoms with van der Waals surface area (Å²) in [6, 6.07) is 5.37. The van der Waals surface area contributed by atoms with Gasteiger partial charge in [-0.25, -0.2) is 0 Å². The molecule has 2 heterocycles. The van der Waals surface area contributed by atoms with Crippen LogP contribution in [0.5, 0.6) is 0 Å². The molecule has 1 amide bonds. The van der Waals surface area contributed by atoms with Gasteiger partial charge in [0.2, 0.25) is 17.8 Å². The summed E-state index contributed by atoms with van der Waals surface area (Å²) in [5.74, 6) is -2.10. The third-order valence-corrected chi connectivity index (χ3v) is 2.01. The Hall–Kier alpha value is -2.50. The fraction of sp³-hybridized carbons (Fsp3) is 0. The monoisotopic (exact) mass is 250 g/mol. The number of nitrogens with one attached hydrogen (secondary N) is 1. The minimum absolute atomic E-state index is 0.189. The fourth-order valence-corrected chi connectivity index (χ4v) is 1.22. The van der Waals surface area contributed by atoms with Crippen molar-refractivity contribution in [2.24, 2.45) is 0 Å². The van der Waals surface area contributed by atoms with Gasteiger partial charge in [0.05, 0.1) is 12.0 Å². The van der Waals surface area contributed by atoms with E-state index in [0.717, 1.165) is 12.1 Å². The molecule has 1 N–H and O–H groups in total. The Morgan fingerprint density at radius 3 is 2.83 bits per heavy atom. The van der Waals surface area contributed by atoms with E-state index in [1.807, 2.05) is 0 Å². The quantitative estimate of drug-likeness (QED) is 0.673. The molecule has 0 saturated heterocycles. The first-order valence-electron chi connectivity index (χ1n) is 5.00. The summed E-state index contributed by atoms with van der Waals surface area (Å²) in [7, 11) is 0. The molecule has 4 nitrogen and oxygen atoms in total. The van der Waals surface area contributed by atoms with E-state index in [1.54, 1.807) is 12.1 Å². The zero-order valence-corrected chi connectivity index (χ0v) is 9.06. The van der Waals surface area contributed by atoms with Gasteiger partial charge in [-0.1, -0.05) is 0 Å². The van der Waals surface area contributed by atoms with Gasteiger partial charge in [0, 0.05) is 6.08 Å². The molecule has 0 aliphatic heterocycles. The average molecular weight is 250 g/mol. The molecule has 0 aliphatic rings. The first-order chi connectivity index (χ1) is 8.65. The van der Waals surface area contributed by atoms with Crippen molar-refractivity contribution < 1.29 is 18.0 Å². The van der Waals surface area contributed by atoms with Gasteiger partial charge >= 0.3 is 0 Å². The second-order valence-corrected chi connectivity index (χ2v) is 3.31. The van der Waals surface area contributed by atoms with Crippen LogP contribution in [-0.2, 0) is 4.79 Å². The maximum Gasteiger partial charge on any atom is 0.248 e. The molecule has 92 valence electrons. The molecular formula is C12H8F2N2O2. The van der Waals surface area contributed by atoms with Crippen molar-refractivity contribution in [3.05, 3.63) is 54.3 Å². The van der Waals surface area contributed by atoms with Gasteiger partial charge in [-0.2, -0.15) is 13.8 Å². The minimum Gasteiger partial charge on any atom is -0.465 e. The van der Waals surface area contributed by atoms with Crippen LogP contribution in [0.3, 0.4) is 0 Å². The van der Waals surface area contributed by atoms with E-state index in [-0.39, 0.29) is 5.69 Å². The van der Waals surface area contributed by atoms with E-state index >= 15 is 0 Å². The predicted octanol–water partition coefficient (Wildman–Crippen LogP) is 2.60. The predicted molar refractivity (Wildman–Crippen MR) is 60.5 cm³/mol. The maximum atomic E-state index is 13.1. The lowest BCUT2D eigenvalue weighted by atomic mass is 10.3. The molecular weight excluding hydrogens is 242 g/mol. The summed E-state index contributed by atoms with van der Waals surface area (Å²) in [5, 5.41) is 2.23. The number of carbonyl (C=O) groups excluding carboxylic acids is 1. The van der Waals surface area contributed by atoms with Crippen molar-refractivity contribution in [2.45, 2.75) is 0 Å². The molecule has 0 saturated carbocycles. The number of halogens is 2. The molecule has 18 heavy (non-hydrogen) atoms. The van der Waals surface area contributed by atoms with Crippen LogP contribution < -0.4 is 5.32 Å². The lowest BCUT2D eigenvalue weighted by Gasteiger charge is -2.02. The topological polar surface area (TPSA) is 55.1 Å². The standard InChI is InChI=1S/C12H8F2N2O2/c13-10-5-4-9(12(14)16-10)15-11(17)6-3-8-2-1-7-18-8/h1-7H,(H,15,17)/b6-3+. The molecule has 0 atom stereocenters. The van der Waals surface area contributed by atoms with Gasteiger partial charge in [-0.05, 0) is 30.3 Å². The van der Waals surface area contributed by atoms with Gasteiger partial charge in [0.1, 0.15) is 5.76 Å². The molecule has 6 heteroatoms. The summed E-state index contributed by atoms with van der Waals surface area (Å²) >= 11 is 0. The minimum atomic E-state index is -1.07. The second kappa shape index (κ2) is 5.22. The highest BCUT2D eigenvalue weighted by Gasteiger charge is 2.07.